The van der Waals surface area contributed by atoms with Crippen LogP contribution in [0, 0.1) is 0 Å². The van der Waals surface area contributed by atoms with E-state index in [-0.39, 0.29) is 0 Å². The number of carbonyl (C=O) groups is 1. The highest BCUT2D eigenvalue weighted by atomic mass is 32.1. The van der Waals surface area contributed by atoms with Crippen LogP contribution in [0.4, 0.5) is 5.82 Å². The number of nitrogens with one attached hydrogen (secondary N) is 1. The number of benzene rings is 2. The Kier molecular flexibility index (Phi) is 5.26. The van der Waals surface area contributed by atoms with Gasteiger partial charge in [-0.1, -0.05) is 42.5 Å². The highest BCUT2D eigenvalue weighted by Gasteiger charge is 2.21. The summed E-state index contributed by atoms with van der Waals surface area (Å²) in [6, 6.07) is 15.8. The third kappa shape index (κ3) is 3.84. The van der Waals surface area contributed by atoms with Crippen molar-refractivity contribution < 1.29 is 9.53 Å². The highest BCUT2D eigenvalue weighted by Crippen LogP contribution is 2.38. The molecular formula is C24H22N4O2S. The number of ether oxygens (including phenoxy) is 1. The number of carbonyl (C=O) groups excluding carboxylic acids is 1. The number of primary amides is 1. The van der Waals surface area contributed by atoms with Gasteiger partial charge in [0, 0.05) is 28.3 Å². The number of anilines is 1. The third-order valence-corrected chi connectivity index (χ3v) is 6.40. The Hall–Kier alpha value is -3.45. The summed E-state index contributed by atoms with van der Waals surface area (Å²) in [6.07, 6.45) is 2.87. The van der Waals surface area contributed by atoms with E-state index in [0.717, 1.165) is 51.9 Å². The number of rotatable bonds is 5. The number of thiophene rings is 1. The summed E-state index contributed by atoms with van der Waals surface area (Å²) in [7, 11) is 0. The van der Waals surface area contributed by atoms with E-state index in [2.05, 4.69) is 17.4 Å². The second-order valence-corrected chi connectivity index (χ2v) is 8.39. The van der Waals surface area contributed by atoms with Gasteiger partial charge < -0.3 is 15.8 Å². The van der Waals surface area contributed by atoms with Crippen molar-refractivity contribution in [3.8, 4) is 16.5 Å². The second-order valence-electron chi connectivity index (χ2n) is 7.51. The molecule has 4 aromatic rings. The number of nitrogens with two attached hydrogens (primary N) is 1. The van der Waals surface area contributed by atoms with Crippen molar-refractivity contribution in [3.63, 3.8) is 0 Å². The zero-order valence-electron chi connectivity index (χ0n) is 16.9. The van der Waals surface area contributed by atoms with Crippen LogP contribution in [0.1, 0.15) is 34.5 Å². The molecule has 6 nitrogen and oxygen atoms in total. The Balaban J connectivity index is 1.59. The van der Waals surface area contributed by atoms with E-state index >= 15 is 0 Å². The van der Waals surface area contributed by atoms with E-state index in [1.54, 1.807) is 6.07 Å². The first-order valence-corrected chi connectivity index (χ1v) is 11.2. The minimum Gasteiger partial charge on any atom is -0.488 e. The van der Waals surface area contributed by atoms with Gasteiger partial charge in [-0.05, 0) is 30.9 Å². The molecule has 2 aromatic carbocycles. The summed E-state index contributed by atoms with van der Waals surface area (Å²) in [6.45, 7) is 1.31. The Bertz CT molecular complexity index is 1250. The molecule has 0 bridgehead atoms. The molecule has 0 fully saturated rings. The number of hydrogen-bond donors (Lipinski definition) is 2. The van der Waals surface area contributed by atoms with Gasteiger partial charge in [0.25, 0.3) is 0 Å². The number of aryl methyl sites for hydroxylation is 1. The van der Waals surface area contributed by atoms with Crippen molar-refractivity contribution >= 4 is 33.8 Å². The average molecular weight is 431 g/mol. The highest BCUT2D eigenvalue weighted by molar-refractivity contribution is 7.15. The van der Waals surface area contributed by atoms with Crippen molar-refractivity contribution in [1.82, 2.24) is 9.97 Å². The van der Waals surface area contributed by atoms with Crippen LogP contribution in [0.2, 0.25) is 0 Å². The van der Waals surface area contributed by atoms with Crippen LogP contribution in [0.5, 0.6) is 5.75 Å². The van der Waals surface area contributed by atoms with Gasteiger partial charge in [0.15, 0.2) is 17.4 Å². The molecule has 0 aliphatic carbocycles. The van der Waals surface area contributed by atoms with E-state index in [1.165, 1.54) is 11.3 Å². The summed E-state index contributed by atoms with van der Waals surface area (Å²) in [5.41, 5.74) is 8.16. The molecule has 156 valence electrons. The molecule has 3 heterocycles. The quantitative estimate of drug-likeness (QED) is 0.475. The third-order valence-electron chi connectivity index (χ3n) is 5.41. The summed E-state index contributed by atoms with van der Waals surface area (Å²) < 4.78 is 6.03. The van der Waals surface area contributed by atoms with Crippen LogP contribution in [0.3, 0.4) is 0 Å². The fraction of sp³-hybridized carbons (Fsp3) is 0.208. The number of fused-ring (bicyclic) bond motifs is 2. The van der Waals surface area contributed by atoms with Gasteiger partial charge in [-0.25, -0.2) is 9.97 Å². The number of nitrogens with zero attached hydrogens (tertiary/aromatic N) is 2. The standard InChI is InChI=1S/C24H22N4O2S/c25-22(29)17-10-6-9-16-18(17)14-31-21(16)24-27-19-11-4-5-12-30-20(19)23(28-24)26-13-15-7-2-1-3-8-15/h1-3,6-10,14H,4-5,11-13H2,(H2,25,29)(H,26,27,28). The van der Waals surface area contributed by atoms with Crippen LogP contribution in [-0.4, -0.2) is 22.5 Å². The molecular weight excluding hydrogens is 408 g/mol. The second kappa shape index (κ2) is 8.35. The van der Waals surface area contributed by atoms with Crippen LogP contribution in [-0.2, 0) is 13.0 Å². The molecule has 0 unspecified atom stereocenters. The number of amides is 1. The summed E-state index contributed by atoms with van der Waals surface area (Å²) >= 11 is 1.53. The van der Waals surface area contributed by atoms with Crippen molar-refractivity contribution in [2.75, 3.05) is 11.9 Å². The fourth-order valence-corrected chi connectivity index (χ4v) is 4.84. The first kappa shape index (κ1) is 19.5. The van der Waals surface area contributed by atoms with Gasteiger partial charge in [-0.15, -0.1) is 11.3 Å². The largest absolute Gasteiger partial charge is 0.488 e. The Morgan fingerprint density at radius 1 is 1.06 bits per heavy atom. The van der Waals surface area contributed by atoms with E-state index in [1.807, 2.05) is 35.7 Å². The monoisotopic (exact) mass is 430 g/mol. The van der Waals surface area contributed by atoms with E-state index in [9.17, 15) is 4.79 Å². The fourth-order valence-electron chi connectivity index (χ4n) is 3.85. The zero-order chi connectivity index (χ0) is 21.2. The predicted molar refractivity (Wildman–Crippen MR) is 124 cm³/mol. The molecule has 0 atom stereocenters. The normalized spacial score (nSPS) is 13.3. The van der Waals surface area contributed by atoms with Crippen LogP contribution in [0.15, 0.2) is 53.9 Å². The lowest BCUT2D eigenvalue weighted by molar-refractivity contribution is 0.100. The number of hydrogen-bond acceptors (Lipinski definition) is 6. The topological polar surface area (TPSA) is 90.1 Å². The van der Waals surface area contributed by atoms with Crippen molar-refractivity contribution in [1.29, 1.82) is 0 Å². The molecule has 1 amide bonds. The van der Waals surface area contributed by atoms with Gasteiger partial charge in [0.05, 0.1) is 17.2 Å². The zero-order valence-corrected chi connectivity index (χ0v) is 17.7. The van der Waals surface area contributed by atoms with E-state index in [0.29, 0.717) is 30.4 Å². The first-order valence-electron chi connectivity index (χ1n) is 10.3. The molecule has 1 aliphatic heterocycles. The Morgan fingerprint density at radius 2 is 1.94 bits per heavy atom. The molecule has 0 radical (unpaired) electrons. The van der Waals surface area contributed by atoms with Gasteiger partial charge in [-0.3, -0.25) is 4.79 Å². The van der Waals surface area contributed by atoms with E-state index in [4.69, 9.17) is 20.4 Å². The molecule has 7 heteroatoms. The van der Waals surface area contributed by atoms with Crippen molar-refractivity contribution in [2.45, 2.75) is 25.8 Å². The van der Waals surface area contributed by atoms with Gasteiger partial charge in [-0.2, -0.15) is 0 Å². The summed E-state index contributed by atoms with van der Waals surface area (Å²) in [5.74, 6) is 1.66. The summed E-state index contributed by atoms with van der Waals surface area (Å²) in [5, 5.41) is 7.17. The lowest BCUT2D eigenvalue weighted by Gasteiger charge is -2.15. The minimum absolute atomic E-state index is 0.434. The maximum absolute atomic E-state index is 11.8. The molecule has 0 saturated heterocycles. The van der Waals surface area contributed by atoms with Gasteiger partial charge in [0.1, 0.15) is 0 Å². The SMILES string of the molecule is NC(=O)c1cccc2c(-c3nc4c(c(NCc5ccccc5)n3)OCCCC4)scc12. The van der Waals surface area contributed by atoms with Crippen molar-refractivity contribution in [2.24, 2.45) is 5.73 Å². The molecule has 1 aliphatic rings. The summed E-state index contributed by atoms with van der Waals surface area (Å²) in [4.78, 5) is 22.5. The Morgan fingerprint density at radius 3 is 2.77 bits per heavy atom. The maximum atomic E-state index is 11.8. The molecule has 5 rings (SSSR count). The van der Waals surface area contributed by atoms with Crippen LogP contribution < -0.4 is 15.8 Å². The molecule has 3 N–H and O–H groups in total. The lowest BCUT2D eigenvalue weighted by Crippen LogP contribution is -2.10. The molecule has 0 spiro atoms. The van der Waals surface area contributed by atoms with Gasteiger partial charge >= 0.3 is 0 Å². The molecule has 0 saturated carbocycles. The minimum atomic E-state index is -0.434. The van der Waals surface area contributed by atoms with E-state index < -0.39 is 5.91 Å². The average Bonchev–Trinajstić information content (AvgIpc) is 3.08. The van der Waals surface area contributed by atoms with Gasteiger partial charge in [0.2, 0.25) is 5.91 Å². The molecule has 2 aromatic heterocycles. The Labute approximate surface area is 184 Å². The molecule has 31 heavy (non-hydrogen) atoms. The first-order chi connectivity index (χ1) is 15.2. The van der Waals surface area contributed by atoms with Crippen LogP contribution in [0.25, 0.3) is 21.5 Å². The van der Waals surface area contributed by atoms with Crippen molar-refractivity contribution in [3.05, 3.63) is 70.7 Å². The van der Waals surface area contributed by atoms with Crippen LogP contribution >= 0.6 is 11.3 Å². The maximum Gasteiger partial charge on any atom is 0.249 e. The number of aromatic nitrogens is 2. The smallest absolute Gasteiger partial charge is 0.249 e. The lowest BCUT2D eigenvalue weighted by atomic mass is 10.1. The predicted octanol–water partition coefficient (Wildman–Crippen LogP) is 4.78.